The van der Waals surface area contributed by atoms with Gasteiger partial charge in [0.25, 0.3) is 0 Å². The maximum absolute atomic E-state index is 12.4. The number of nitrogens with zero attached hydrogens (tertiary/aromatic N) is 2. The topological polar surface area (TPSA) is 100.0 Å². The van der Waals surface area contributed by atoms with Crippen LogP contribution in [0.1, 0.15) is 27.9 Å². The number of hydrogen-bond acceptors (Lipinski definition) is 7. The van der Waals surface area contributed by atoms with Gasteiger partial charge in [-0.2, -0.15) is 0 Å². The molecule has 130 valence electrons. The van der Waals surface area contributed by atoms with Crippen LogP contribution in [-0.2, 0) is 9.59 Å². The molecule has 0 radical (unpaired) electrons. The minimum absolute atomic E-state index is 0.0816. The van der Waals surface area contributed by atoms with E-state index in [1.807, 2.05) is 26.0 Å². The van der Waals surface area contributed by atoms with Crippen molar-refractivity contribution in [1.82, 2.24) is 10.6 Å². The van der Waals surface area contributed by atoms with Gasteiger partial charge in [0.1, 0.15) is 0 Å². The Morgan fingerprint density at radius 2 is 1.92 bits per heavy atom. The summed E-state index contributed by atoms with van der Waals surface area (Å²) in [5.74, 6) is -0.147. The number of amidine groups is 2. The van der Waals surface area contributed by atoms with Gasteiger partial charge in [-0.25, -0.2) is 0 Å². The van der Waals surface area contributed by atoms with E-state index in [2.05, 4.69) is 20.8 Å². The zero-order chi connectivity index (χ0) is 18.0. The molecule has 2 saturated heterocycles. The van der Waals surface area contributed by atoms with Crippen molar-refractivity contribution in [2.75, 3.05) is 5.75 Å². The Labute approximate surface area is 153 Å². The fourth-order valence-corrected chi connectivity index (χ4v) is 3.80. The third-order valence-electron chi connectivity index (χ3n) is 3.79. The van der Waals surface area contributed by atoms with Gasteiger partial charge in [0.15, 0.2) is 16.1 Å². The first-order valence-corrected chi connectivity index (χ1v) is 9.45. The molecule has 2 fully saturated rings. The molecule has 2 N–H and O–H groups in total. The summed E-state index contributed by atoms with van der Waals surface area (Å²) in [4.78, 5) is 35.5. The van der Waals surface area contributed by atoms with Crippen LogP contribution in [0.4, 0.5) is 0 Å². The minimum Gasteiger partial charge on any atom is -0.303 e. The van der Waals surface area contributed by atoms with Crippen molar-refractivity contribution in [3.05, 3.63) is 34.9 Å². The van der Waals surface area contributed by atoms with Crippen LogP contribution >= 0.6 is 23.5 Å². The second-order valence-corrected chi connectivity index (χ2v) is 7.82. The van der Waals surface area contributed by atoms with Gasteiger partial charge < -0.3 is 10.6 Å². The van der Waals surface area contributed by atoms with Crippen molar-refractivity contribution in [3.8, 4) is 0 Å². The Hall–Kier alpha value is -2.13. The second-order valence-electron chi connectivity index (χ2n) is 5.67. The van der Waals surface area contributed by atoms with Crippen molar-refractivity contribution in [3.63, 3.8) is 0 Å². The number of amides is 2. The maximum atomic E-state index is 12.4. The molecule has 0 bridgehead atoms. The molecule has 25 heavy (non-hydrogen) atoms. The molecule has 1 aromatic rings. The molecule has 0 aliphatic carbocycles. The average Bonchev–Trinajstić information content (AvgIpc) is 3.14. The summed E-state index contributed by atoms with van der Waals surface area (Å²) in [6, 6.07) is 5.53. The zero-order valence-electron chi connectivity index (χ0n) is 13.7. The van der Waals surface area contributed by atoms with Gasteiger partial charge in [-0.15, -0.1) is 10.2 Å². The predicted octanol–water partition coefficient (Wildman–Crippen LogP) is 1.60. The molecule has 9 heteroatoms. The lowest BCUT2D eigenvalue weighted by atomic mass is 10.0. The molecule has 0 unspecified atom stereocenters. The number of thioether (sulfide) groups is 2. The van der Waals surface area contributed by atoms with Gasteiger partial charge in [0.2, 0.25) is 11.8 Å². The highest BCUT2D eigenvalue weighted by molar-refractivity contribution is 8.15. The van der Waals surface area contributed by atoms with Crippen molar-refractivity contribution >= 4 is 51.5 Å². The van der Waals surface area contributed by atoms with Gasteiger partial charge in [0.05, 0.1) is 11.0 Å². The summed E-state index contributed by atoms with van der Waals surface area (Å²) in [5.41, 5.74) is 2.77. The predicted molar refractivity (Wildman–Crippen MR) is 99.9 cm³/mol. The van der Waals surface area contributed by atoms with Crippen LogP contribution in [0.15, 0.2) is 28.4 Å². The number of nitrogens with one attached hydrogen (secondary N) is 2. The number of hydrogen-bond donors (Lipinski definition) is 2. The number of Topliss-reactive ketones (excluding diaryl/α,β-unsaturated/α-hetero) is 1. The molecule has 1 atom stereocenters. The molecule has 1 aromatic carbocycles. The standard InChI is InChI=1S/C16H16N4O3S2/c1-8-3-4-10(5-9(8)2)11(21)6-12-14(23)18-16(25-12)20-19-15-17-13(22)7-24-15/h3-5,12H,6-7H2,1-2H3,(H,17,19,22)(H,18,20,23)/t12-/m0/s1. The van der Waals surface area contributed by atoms with Crippen LogP contribution in [0.5, 0.6) is 0 Å². The number of carbonyl (C=O) groups excluding carboxylic acids is 3. The number of carbonyl (C=O) groups is 3. The highest BCUT2D eigenvalue weighted by atomic mass is 32.2. The molecule has 0 spiro atoms. The van der Waals surface area contributed by atoms with Gasteiger partial charge in [-0.05, 0) is 31.0 Å². The molecule has 0 saturated carbocycles. The lowest BCUT2D eigenvalue weighted by Gasteiger charge is -2.06. The fourth-order valence-electron chi connectivity index (χ4n) is 2.26. The molecule has 2 aliphatic heterocycles. The monoisotopic (exact) mass is 376 g/mol. The Bertz CT molecular complexity index is 820. The van der Waals surface area contributed by atoms with Crippen molar-refractivity contribution in [1.29, 1.82) is 0 Å². The molecule has 2 amide bonds. The van der Waals surface area contributed by atoms with Crippen molar-refractivity contribution in [2.24, 2.45) is 10.2 Å². The third-order valence-corrected chi connectivity index (χ3v) is 5.73. The first-order valence-electron chi connectivity index (χ1n) is 7.58. The van der Waals surface area contributed by atoms with E-state index in [0.29, 0.717) is 21.7 Å². The summed E-state index contributed by atoms with van der Waals surface area (Å²) >= 11 is 2.42. The normalized spacial score (nSPS) is 23.2. The molecular formula is C16H16N4O3S2. The summed E-state index contributed by atoms with van der Waals surface area (Å²) in [6.45, 7) is 3.94. The van der Waals surface area contributed by atoms with E-state index < -0.39 is 5.25 Å². The largest absolute Gasteiger partial charge is 0.303 e. The van der Waals surface area contributed by atoms with E-state index in [1.54, 1.807) is 6.07 Å². The summed E-state index contributed by atoms with van der Waals surface area (Å²) < 4.78 is 0. The molecule has 0 aromatic heterocycles. The number of ketones is 1. The lowest BCUT2D eigenvalue weighted by Crippen LogP contribution is -2.26. The zero-order valence-corrected chi connectivity index (χ0v) is 15.3. The van der Waals surface area contributed by atoms with Crippen LogP contribution < -0.4 is 10.6 Å². The number of benzene rings is 1. The Kier molecular flexibility index (Phi) is 5.24. The van der Waals surface area contributed by atoms with Crippen LogP contribution in [-0.4, -0.2) is 38.9 Å². The number of rotatable bonds is 4. The fraction of sp³-hybridized carbons (Fsp3) is 0.312. The molecule has 7 nitrogen and oxygen atoms in total. The molecule has 2 heterocycles. The lowest BCUT2D eigenvalue weighted by molar-refractivity contribution is -0.119. The van der Waals surface area contributed by atoms with Gasteiger partial charge in [-0.3, -0.25) is 14.4 Å². The molecule has 3 rings (SSSR count). The SMILES string of the molecule is Cc1ccc(C(=O)C[C@@H]2S/C(=N/N=C3\NC(=O)CS3)NC2=O)cc1C. The quantitative estimate of drug-likeness (QED) is 0.614. The minimum atomic E-state index is -0.529. The third kappa shape index (κ3) is 4.29. The van der Waals surface area contributed by atoms with Crippen LogP contribution in [0.25, 0.3) is 0 Å². The first-order chi connectivity index (χ1) is 11.9. The second kappa shape index (κ2) is 7.40. The van der Waals surface area contributed by atoms with Gasteiger partial charge in [0, 0.05) is 12.0 Å². The van der Waals surface area contributed by atoms with E-state index in [0.717, 1.165) is 11.1 Å². The molecule has 2 aliphatic rings. The van der Waals surface area contributed by atoms with Crippen molar-refractivity contribution < 1.29 is 14.4 Å². The first kappa shape index (κ1) is 17.7. The van der Waals surface area contributed by atoms with E-state index >= 15 is 0 Å². The molecular weight excluding hydrogens is 360 g/mol. The van der Waals surface area contributed by atoms with Crippen LogP contribution in [0.2, 0.25) is 0 Å². The van der Waals surface area contributed by atoms with Gasteiger partial charge in [-0.1, -0.05) is 35.7 Å². The van der Waals surface area contributed by atoms with E-state index in [1.165, 1.54) is 23.5 Å². The summed E-state index contributed by atoms with van der Waals surface area (Å²) in [6.07, 6.45) is 0.0973. The van der Waals surface area contributed by atoms with Crippen LogP contribution in [0, 0.1) is 13.8 Å². The number of aryl methyl sites for hydroxylation is 2. The Morgan fingerprint density at radius 3 is 2.60 bits per heavy atom. The van der Waals surface area contributed by atoms with Gasteiger partial charge >= 0.3 is 0 Å². The van der Waals surface area contributed by atoms with Crippen LogP contribution in [0.3, 0.4) is 0 Å². The van der Waals surface area contributed by atoms with Crippen molar-refractivity contribution in [2.45, 2.75) is 25.5 Å². The smallest absolute Gasteiger partial charge is 0.240 e. The Balaban J connectivity index is 1.63. The highest BCUT2D eigenvalue weighted by Gasteiger charge is 2.32. The Morgan fingerprint density at radius 1 is 1.16 bits per heavy atom. The average molecular weight is 376 g/mol. The van der Waals surface area contributed by atoms with E-state index in [-0.39, 0.29) is 24.0 Å². The van der Waals surface area contributed by atoms with E-state index in [4.69, 9.17) is 0 Å². The summed E-state index contributed by atoms with van der Waals surface area (Å²) in [7, 11) is 0. The van der Waals surface area contributed by atoms with E-state index in [9.17, 15) is 14.4 Å². The highest BCUT2D eigenvalue weighted by Crippen LogP contribution is 2.25. The summed E-state index contributed by atoms with van der Waals surface area (Å²) in [5, 5.41) is 13.2. The maximum Gasteiger partial charge on any atom is 0.240 e.